The Kier molecular flexibility index (Phi) is 4.24. The quantitative estimate of drug-likeness (QED) is 0.388. The van der Waals surface area contributed by atoms with Crippen LogP contribution in [-0.2, 0) is 16.5 Å². The fourth-order valence-corrected chi connectivity index (χ4v) is 2.22. The molecular formula is C9H7ClN2O5S. The maximum atomic E-state index is 11.1. The second kappa shape index (κ2) is 5.30. The summed E-state index contributed by atoms with van der Waals surface area (Å²) >= 11 is 5.55. The van der Waals surface area contributed by atoms with E-state index in [-0.39, 0.29) is 12.0 Å². The van der Waals surface area contributed by atoms with Crippen molar-refractivity contribution < 1.29 is 17.9 Å². The highest BCUT2D eigenvalue weighted by atomic mass is 35.5. The molecule has 0 spiro atoms. The van der Waals surface area contributed by atoms with Crippen LogP contribution in [0.1, 0.15) is 5.56 Å². The summed E-state index contributed by atoms with van der Waals surface area (Å²) in [5, 5.41) is 18.1. The standard InChI is InChI=1S/C9H7ClN2O5S/c10-7(5-11)3-6-1-2-8(12(13)14)4-9(6)18(15,16)17/h1-2,4,7H,3H2,(H,15,16,17)/t7-/m0/s1. The summed E-state index contributed by atoms with van der Waals surface area (Å²) in [5.41, 5.74) is -0.431. The van der Waals surface area contributed by atoms with Crippen molar-refractivity contribution in [3.05, 3.63) is 33.9 Å². The molecule has 1 atom stereocenters. The van der Waals surface area contributed by atoms with E-state index in [1.165, 1.54) is 0 Å². The zero-order valence-electron chi connectivity index (χ0n) is 8.78. The first kappa shape index (κ1) is 14.4. The van der Waals surface area contributed by atoms with Gasteiger partial charge in [0.1, 0.15) is 10.3 Å². The average Bonchev–Trinajstić information content (AvgIpc) is 2.27. The Morgan fingerprint density at radius 2 is 2.17 bits per heavy atom. The number of alkyl halides is 1. The van der Waals surface area contributed by atoms with Gasteiger partial charge in [0.2, 0.25) is 0 Å². The van der Waals surface area contributed by atoms with Gasteiger partial charge in [-0.1, -0.05) is 6.07 Å². The van der Waals surface area contributed by atoms with E-state index in [9.17, 15) is 18.5 Å². The van der Waals surface area contributed by atoms with Crippen LogP contribution in [-0.4, -0.2) is 23.3 Å². The molecule has 1 aromatic rings. The maximum absolute atomic E-state index is 11.1. The van der Waals surface area contributed by atoms with Crippen molar-refractivity contribution in [2.45, 2.75) is 16.7 Å². The molecule has 18 heavy (non-hydrogen) atoms. The number of nitriles is 1. The smallest absolute Gasteiger partial charge is 0.282 e. The lowest BCUT2D eigenvalue weighted by Crippen LogP contribution is -2.08. The Hall–Kier alpha value is -1.69. The van der Waals surface area contributed by atoms with Crippen molar-refractivity contribution in [1.29, 1.82) is 5.26 Å². The van der Waals surface area contributed by atoms with Crippen LogP contribution in [0.4, 0.5) is 5.69 Å². The van der Waals surface area contributed by atoms with Crippen molar-refractivity contribution in [3.8, 4) is 6.07 Å². The molecule has 0 aliphatic heterocycles. The lowest BCUT2D eigenvalue weighted by atomic mass is 10.1. The van der Waals surface area contributed by atoms with Crippen molar-refractivity contribution >= 4 is 27.4 Å². The van der Waals surface area contributed by atoms with Gasteiger partial charge in [-0.05, 0) is 5.56 Å². The molecular weight excluding hydrogens is 284 g/mol. The predicted molar refractivity (Wildman–Crippen MR) is 61.9 cm³/mol. The second-order valence-electron chi connectivity index (χ2n) is 3.32. The number of non-ortho nitro benzene ring substituents is 1. The molecule has 0 aliphatic rings. The molecule has 0 radical (unpaired) electrons. The van der Waals surface area contributed by atoms with Gasteiger partial charge in [-0.25, -0.2) is 0 Å². The summed E-state index contributed by atoms with van der Waals surface area (Å²) in [5.74, 6) is 0. The Morgan fingerprint density at radius 1 is 1.56 bits per heavy atom. The van der Waals surface area contributed by atoms with Crippen molar-refractivity contribution in [1.82, 2.24) is 0 Å². The lowest BCUT2D eigenvalue weighted by molar-refractivity contribution is -0.385. The number of nitro groups is 1. The van der Waals surface area contributed by atoms with E-state index in [4.69, 9.17) is 21.4 Å². The van der Waals surface area contributed by atoms with Crippen molar-refractivity contribution in [2.24, 2.45) is 0 Å². The molecule has 0 unspecified atom stereocenters. The molecule has 96 valence electrons. The number of hydrogen-bond donors (Lipinski definition) is 1. The fourth-order valence-electron chi connectivity index (χ4n) is 1.30. The van der Waals surface area contributed by atoms with Crippen LogP contribution in [0.15, 0.2) is 23.1 Å². The third-order valence-electron chi connectivity index (χ3n) is 2.08. The minimum atomic E-state index is -4.62. The van der Waals surface area contributed by atoms with E-state index >= 15 is 0 Å². The van der Waals surface area contributed by atoms with Crippen LogP contribution in [0.25, 0.3) is 0 Å². The summed E-state index contributed by atoms with van der Waals surface area (Å²) < 4.78 is 31.2. The van der Waals surface area contributed by atoms with E-state index in [2.05, 4.69) is 0 Å². The van der Waals surface area contributed by atoms with Gasteiger partial charge in [-0.15, -0.1) is 11.6 Å². The van der Waals surface area contributed by atoms with E-state index in [1.807, 2.05) is 0 Å². The summed E-state index contributed by atoms with van der Waals surface area (Å²) in [4.78, 5) is 9.12. The van der Waals surface area contributed by atoms with Crippen molar-refractivity contribution in [2.75, 3.05) is 0 Å². The Balaban J connectivity index is 3.36. The minimum absolute atomic E-state index is 0.0460. The summed E-state index contributed by atoms with van der Waals surface area (Å²) in [6.07, 6.45) is -0.148. The molecule has 0 heterocycles. The normalized spacial score (nSPS) is 12.7. The van der Waals surface area contributed by atoms with Gasteiger partial charge in [-0.3, -0.25) is 14.7 Å². The first-order valence-electron chi connectivity index (χ1n) is 4.54. The van der Waals surface area contributed by atoms with E-state index < -0.39 is 31.0 Å². The number of nitrogens with zero attached hydrogens (tertiary/aromatic N) is 2. The first-order valence-corrected chi connectivity index (χ1v) is 6.42. The van der Waals surface area contributed by atoms with Gasteiger partial charge in [0.25, 0.3) is 15.8 Å². The van der Waals surface area contributed by atoms with Crippen LogP contribution in [0.3, 0.4) is 0 Å². The summed E-state index contributed by atoms with van der Waals surface area (Å²) in [6.45, 7) is 0. The lowest BCUT2D eigenvalue weighted by Gasteiger charge is -2.07. The predicted octanol–water partition coefficient (Wildman–Crippen LogP) is 1.51. The zero-order chi connectivity index (χ0) is 13.9. The molecule has 1 aromatic carbocycles. The molecule has 1 N–H and O–H groups in total. The molecule has 0 aromatic heterocycles. The Bertz CT molecular complexity index is 622. The van der Waals surface area contributed by atoms with Gasteiger partial charge in [-0.2, -0.15) is 13.7 Å². The third-order valence-corrected chi connectivity index (χ3v) is 3.27. The van der Waals surface area contributed by atoms with E-state index in [0.29, 0.717) is 0 Å². The number of halogens is 1. The van der Waals surface area contributed by atoms with Crippen LogP contribution in [0, 0.1) is 21.4 Å². The van der Waals surface area contributed by atoms with E-state index in [0.717, 1.165) is 18.2 Å². The molecule has 7 nitrogen and oxygen atoms in total. The third kappa shape index (κ3) is 3.40. The fraction of sp³-hybridized carbons (Fsp3) is 0.222. The molecule has 0 fully saturated rings. The number of benzene rings is 1. The highest BCUT2D eigenvalue weighted by molar-refractivity contribution is 7.85. The molecule has 0 bridgehead atoms. The monoisotopic (exact) mass is 290 g/mol. The SMILES string of the molecule is N#C[C@@H](Cl)Cc1ccc([N+](=O)[O-])cc1S(=O)(=O)O. The topological polar surface area (TPSA) is 121 Å². The van der Waals surface area contributed by atoms with Gasteiger partial charge < -0.3 is 0 Å². The number of rotatable bonds is 4. The average molecular weight is 291 g/mol. The second-order valence-corrected chi connectivity index (χ2v) is 5.24. The van der Waals surface area contributed by atoms with Crippen LogP contribution in [0.5, 0.6) is 0 Å². The van der Waals surface area contributed by atoms with Gasteiger partial charge in [0, 0.05) is 18.6 Å². The molecule has 0 aliphatic carbocycles. The first-order chi connectivity index (χ1) is 8.25. The molecule has 0 saturated heterocycles. The molecule has 1 rings (SSSR count). The highest BCUT2D eigenvalue weighted by Gasteiger charge is 2.21. The highest BCUT2D eigenvalue weighted by Crippen LogP contribution is 2.24. The molecule has 0 amide bonds. The van der Waals surface area contributed by atoms with Crippen LogP contribution in [0.2, 0.25) is 0 Å². The molecule has 9 heteroatoms. The molecule has 0 saturated carbocycles. The van der Waals surface area contributed by atoms with E-state index in [1.54, 1.807) is 6.07 Å². The maximum Gasteiger partial charge on any atom is 0.295 e. The minimum Gasteiger partial charge on any atom is -0.282 e. The van der Waals surface area contributed by atoms with Gasteiger partial charge >= 0.3 is 0 Å². The van der Waals surface area contributed by atoms with Crippen LogP contribution >= 0.6 is 11.6 Å². The summed E-state index contributed by atoms with van der Waals surface area (Å²) in [6, 6.07) is 4.63. The summed E-state index contributed by atoms with van der Waals surface area (Å²) in [7, 11) is -4.62. The van der Waals surface area contributed by atoms with Gasteiger partial charge in [0.15, 0.2) is 0 Å². The number of nitro benzene ring substituents is 1. The van der Waals surface area contributed by atoms with Crippen LogP contribution < -0.4 is 0 Å². The number of hydrogen-bond acceptors (Lipinski definition) is 5. The van der Waals surface area contributed by atoms with Crippen molar-refractivity contribution in [3.63, 3.8) is 0 Å². The Labute approximate surface area is 108 Å². The Morgan fingerprint density at radius 3 is 2.61 bits per heavy atom. The largest absolute Gasteiger partial charge is 0.295 e. The van der Waals surface area contributed by atoms with Gasteiger partial charge in [0.05, 0.1) is 11.0 Å². The zero-order valence-corrected chi connectivity index (χ0v) is 10.3.